The van der Waals surface area contributed by atoms with E-state index in [1.54, 1.807) is 28.6 Å². The third-order valence-corrected chi connectivity index (χ3v) is 10.2. The van der Waals surface area contributed by atoms with Gasteiger partial charge in [0.15, 0.2) is 5.65 Å². The van der Waals surface area contributed by atoms with Gasteiger partial charge < -0.3 is 25.5 Å². The number of rotatable bonds is 9. The first kappa shape index (κ1) is 33.5. The maximum Gasteiger partial charge on any atom is 0.253 e. The van der Waals surface area contributed by atoms with Crippen LogP contribution in [0.1, 0.15) is 34.3 Å². The topological polar surface area (TPSA) is 118 Å². The molecule has 2 aliphatic heterocycles. The van der Waals surface area contributed by atoms with E-state index in [4.69, 9.17) is 16.6 Å². The van der Waals surface area contributed by atoms with E-state index in [1.165, 1.54) is 5.56 Å². The van der Waals surface area contributed by atoms with Crippen LogP contribution in [0.5, 0.6) is 0 Å². The summed E-state index contributed by atoms with van der Waals surface area (Å²) >= 11 is 6.06. The third-order valence-electron chi connectivity index (χ3n) is 9.90. The minimum Gasteiger partial charge on any atom is -0.385 e. The van der Waals surface area contributed by atoms with E-state index < -0.39 is 11.6 Å². The van der Waals surface area contributed by atoms with Crippen LogP contribution in [0.15, 0.2) is 97.2 Å². The number of amides is 2. The molecule has 3 aromatic carbocycles. The molecule has 2 amide bonds. The SMILES string of the molecule is CNC(=O)C1CN(C(=O)c2ccc(Nc3nc4c(N5CCC(O)(c6ccc(Cl)cc6)CC5)cccn4n3)cc2)CCN1CCc1ccccc1. The number of nitrogens with one attached hydrogen (secondary N) is 2. The molecule has 258 valence electrons. The number of piperazine rings is 1. The van der Waals surface area contributed by atoms with Crippen LogP contribution < -0.4 is 15.5 Å². The highest BCUT2D eigenvalue weighted by atomic mass is 35.5. The Balaban J connectivity index is 0.983. The van der Waals surface area contributed by atoms with Crippen molar-refractivity contribution in [2.24, 2.45) is 0 Å². The molecule has 12 heteroatoms. The minimum atomic E-state index is -0.900. The molecule has 0 radical (unpaired) electrons. The van der Waals surface area contributed by atoms with E-state index in [-0.39, 0.29) is 11.8 Å². The summed E-state index contributed by atoms with van der Waals surface area (Å²) in [7, 11) is 1.64. The molecular formula is C38H41ClN8O3. The van der Waals surface area contributed by atoms with Crippen molar-refractivity contribution in [3.63, 3.8) is 0 Å². The Bertz CT molecular complexity index is 1940. The number of carbonyl (C=O) groups excluding carboxylic acids is 2. The number of fused-ring (bicyclic) bond motifs is 1. The number of aliphatic hydroxyl groups is 1. The van der Waals surface area contributed by atoms with Crippen LogP contribution in [0.25, 0.3) is 5.65 Å². The van der Waals surface area contributed by atoms with Gasteiger partial charge in [-0.25, -0.2) is 4.52 Å². The van der Waals surface area contributed by atoms with Gasteiger partial charge in [0, 0.05) is 68.8 Å². The first-order valence-corrected chi connectivity index (χ1v) is 17.4. The number of pyridine rings is 1. The van der Waals surface area contributed by atoms with Gasteiger partial charge >= 0.3 is 0 Å². The molecule has 7 rings (SSSR count). The maximum atomic E-state index is 13.6. The summed E-state index contributed by atoms with van der Waals surface area (Å²) in [5.41, 5.74) is 4.17. The Morgan fingerprint density at radius 2 is 1.66 bits per heavy atom. The van der Waals surface area contributed by atoms with Crippen molar-refractivity contribution in [3.8, 4) is 0 Å². The zero-order chi connectivity index (χ0) is 34.7. The van der Waals surface area contributed by atoms with Gasteiger partial charge in [0.25, 0.3) is 5.91 Å². The number of anilines is 3. The standard InChI is InChI=1S/C38H41ClN8O3/c1-40-35(48)33-26-46(25-24-44(33)21-17-27-6-3-2-4-7-27)36(49)28-9-15-31(16-10-28)41-37-42-34-32(8-5-20-47(34)43-37)45-22-18-38(50,19-23-45)29-11-13-30(39)14-12-29/h2-16,20,33,50H,17-19,21-26H2,1H3,(H,40,48)(H,41,43). The van der Waals surface area contributed by atoms with E-state index in [1.807, 2.05) is 72.9 Å². The normalized spacial score (nSPS) is 17.9. The average Bonchev–Trinajstić information content (AvgIpc) is 3.57. The summed E-state index contributed by atoms with van der Waals surface area (Å²) in [4.78, 5) is 37.4. The Kier molecular flexibility index (Phi) is 9.71. The molecule has 0 spiro atoms. The second-order valence-electron chi connectivity index (χ2n) is 13.0. The van der Waals surface area contributed by atoms with E-state index >= 15 is 0 Å². The van der Waals surface area contributed by atoms with Crippen molar-refractivity contribution in [3.05, 3.63) is 119 Å². The Morgan fingerprint density at radius 3 is 2.38 bits per heavy atom. The van der Waals surface area contributed by atoms with Crippen LogP contribution in [0, 0.1) is 0 Å². The van der Waals surface area contributed by atoms with Crippen LogP contribution >= 0.6 is 11.6 Å². The molecule has 1 unspecified atom stereocenters. The molecule has 2 aromatic heterocycles. The number of carbonyl (C=O) groups is 2. The molecule has 1 atom stereocenters. The van der Waals surface area contributed by atoms with E-state index in [9.17, 15) is 14.7 Å². The molecule has 2 saturated heterocycles. The Hall–Kier alpha value is -4.97. The highest BCUT2D eigenvalue weighted by Crippen LogP contribution is 2.36. The minimum absolute atomic E-state index is 0.0852. The largest absolute Gasteiger partial charge is 0.385 e. The second-order valence-corrected chi connectivity index (χ2v) is 13.4. The second kappa shape index (κ2) is 14.5. The molecule has 0 aliphatic carbocycles. The summed E-state index contributed by atoms with van der Waals surface area (Å²) in [5.74, 6) is 0.248. The molecule has 0 bridgehead atoms. The Morgan fingerprint density at radius 1 is 0.920 bits per heavy atom. The van der Waals surface area contributed by atoms with Crippen molar-refractivity contribution < 1.29 is 14.7 Å². The molecule has 11 nitrogen and oxygen atoms in total. The number of piperidine rings is 1. The zero-order valence-electron chi connectivity index (χ0n) is 28.0. The number of likely N-dealkylation sites (N-methyl/N-ethyl adjacent to an activating group) is 1. The fourth-order valence-electron chi connectivity index (χ4n) is 6.97. The zero-order valence-corrected chi connectivity index (χ0v) is 28.8. The summed E-state index contributed by atoms with van der Waals surface area (Å²) in [6.07, 6.45) is 3.86. The van der Waals surface area contributed by atoms with Crippen LogP contribution in [0.2, 0.25) is 5.02 Å². The fraction of sp³-hybridized carbons (Fsp3) is 0.316. The molecule has 0 saturated carbocycles. The quantitative estimate of drug-likeness (QED) is 0.203. The van der Waals surface area contributed by atoms with Gasteiger partial charge in [-0.05, 0) is 78.9 Å². The van der Waals surface area contributed by atoms with Gasteiger partial charge in [-0.1, -0.05) is 54.1 Å². The van der Waals surface area contributed by atoms with Crippen molar-refractivity contribution in [2.45, 2.75) is 30.9 Å². The van der Waals surface area contributed by atoms with Gasteiger partial charge in [0.2, 0.25) is 11.9 Å². The number of benzene rings is 3. The summed E-state index contributed by atoms with van der Waals surface area (Å²) in [5, 5.41) is 22.7. The van der Waals surface area contributed by atoms with E-state index in [0.29, 0.717) is 67.7 Å². The highest BCUT2D eigenvalue weighted by Gasteiger charge is 2.35. The van der Waals surface area contributed by atoms with Gasteiger partial charge in [-0.15, -0.1) is 5.10 Å². The lowest BCUT2D eigenvalue weighted by Crippen LogP contribution is -2.60. The lowest BCUT2D eigenvalue weighted by atomic mass is 9.84. The Labute approximate surface area is 296 Å². The molecule has 2 aliphatic rings. The van der Waals surface area contributed by atoms with E-state index in [0.717, 1.165) is 29.9 Å². The third kappa shape index (κ3) is 7.16. The van der Waals surface area contributed by atoms with Crippen LogP contribution in [0.4, 0.5) is 17.3 Å². The first-order chi connectivity index (χ1) is 24.3. The van der Waals surface area contributed by atoms with Crippen molar-refractivity contribution in [2.75, 3.05) is 56.5 Å². The van der Waals surface area contributed by atoms with Crippen LogP contribution in [-0.4, -0.2) is 93.7 Å². The summed E-state index contributed by atoms with van der Waals surface area (Å²) < 4.78 is 1.75. The van der Waals surface area contributed by atoms with Crippen LogP contribution in [0.3, 0.4) is 0 Å². The predicted octanol–water partition coefficient (Wildman–Crippen LogP) is 4.73. The highest BCUT2D eigenvalue weighted by molar-refractivity contribution is 6.30. The van der Waals surface area contributed by atoms with Gasteiger partial charge in [-0.3, -0.25) is 14.5 Å². The summed E-state index contributed by atoms with van der Waals surface area (Å²) in [6.45, 7) is 3.57. The number of hydrogen-bond acceptors (Lipinski definition) is 8. The molecule has 3 N–H and O–H groups in total. The molecule has 5 aromatic rings. The van der Waals surface area contributed by atoms with Crippen LogP contribution in [-0.2, 0) is 16.8 Å². The van der Waals surface area contributed by atoms with Crippen molar-refractivity contribution in [1.82, 2.24) is 29.7 Å². The van der Waals surface area contributed by atoms with Gasteiger partial charge in [0.1, 0.15) is 6.04 Å². The number of halogens is 1. The molecular weight excluding hydrogens is 652 g/mol. The maximum absolute atomic E-state index is 13.6. The lowest BCUT2D eigenvalue weighted by Gasteiger charge is -2.40. The van der Waals surface area contributed by atoms with E-state index in [2.05, 4.69) is 37.7 Å². The number of aromatic nitrogens is 3. The smallest absolute Gasteiger partial charge is 0.253 e. The molecule has 2 fully saturated rings. The monoisotopic (exact) mass is 692 g/mol. The van der Waals surface area contributed by atoms with Crippen molar-refractivity contribution in [1.29, 1.82) is 0 Å². The average molecular weight is 693 g/mol. The van der Waals surface area contributed by atoms with Gasteiger partial charge in [-0.2, -0.15) is 4.98 Å². The number of hydrogen-bond donors (Lipinski definition) is 3. The van der Waals surface area contributed by atoms with Gasteiger partial charge in [0.05, 0.1) is 11.3 Å². The first-order valence-electron chi connectivity index (χ1n) is 17.0. The molecule has 50 heavy (non-hydrogen) atoms. The lowest BCUT2D eigenvalue weighted by molar-refractivity contribution is -0.127. The van der Waals surface area contributed by atoms with Crippen molar-refractivity contribution >= 4 is 46.4 Å². The fourth-order valence-corrected chi connectivity index (χ4v) is 7.10. The molecule has 4 heterocycles. The number of nitrogens with zero attached hydrogens (tertiary/aromatic N) is 6. The predicted molar refractivity (Wildman–Crippen MR) is 195 cm³/mol. The summed E-state index contributed by atoms with van der Waals surface area (Å²) in [6, 6.07) is 28.5.